The molecule has 0 bridgehead atoms. The third-order valence-corrected chi connectivity index (χ3v) is 9.58. The van der Waals surface area contributed by atoms with Gasteiger partial charge in [-0.25, -0.2) is 4.79 Å². The van der Waals surface area contributed by atoms with E-state index in [1.807, 2.05) is 0 Å². The van der Waals surface area contributed by atoms with E-state index < -0.39 is 11.6 Å². The molecule has 182 valence electrons. The van der Waals surface area contributed by atoms with Crippen LogP contribution in [-0.2, 0) is 23.8 Å². The Labute approximate surface area is 197 Å². The molecular weight excluding hydrogens is 420 g/mol. The Balaban J connectivity index is 1.54. The molecule has 6 heteroatoms. The normalized spacial score (nSPS) is 38.2. The van der Waals surface area contributed by atoms with Gasteiger partial charge in [-0.3, -0.25) is 9.59 Å². The summed E-state index contributed by atoms with van der Waals surface area (Å²) in [7, 11) is 2.77. The molecular formula is C27H38O6. The first-order chi connectivity index (χ1) is 15.6. The molecule has 33 heavy (non-hydrogen) atoms. The van der Waals surface area contributed by atoms with Crippen molar-refractivity contribution in [1.82, 2.24) is 0 Å². The van der Waals surface area contributed by atoms with Gasteiger partial charge in [0.15, 0.2) is 0 Å². The number of hydrogen-bond donors (Lipinski definition) is 0. The molecule has 4 aliphatic rings. The van der Waals surface area contributed by atoms with E-state index in [0.29, 0.717) is 24.5 Å². The summed E-state index contributed by atoms with van der Waals surface area (Å²) < 4.78 is 15.0. The molecule has 0 radical (unpaired) electrons. The smallest absolute Gasteiger partial charge is 0.469 e. The van der Waals surface area contributed by atoms with Gasteiger partial charge in [-0.05, 0) is 85.7 Å². The van der Waals surface area contributed by atoms with Crippen LogP contribution in [-0.4, -0.2) is 38.2 Å². The van der Waals surface area contributed by atoms with Crippen molar-refractivity contribution < 1.29 is 28.6 Å². The molecule has 0 aromatic carbocycles. The number of Topliss-reactive ketones (excluding diaryl/α,β-unsaturated/α-hetero) is 1. The zero-order valence-corrected chi connectivity index (χ0v) is 20.6. The Morgan fingerprint density at radius 2 is 1.91 bits per heavy atom. The van der Waals surface area contributed by atoms with E-state index in [1.165, 1.54) is 25.4 Å². The molecule has 4 aliphatic carbocycles. The maximum absolute atomic E-state index is 13.8. The second-order valence-electron chi connectivity index (χ2n) is 11.0. The lowest BCUT2D eigenvalue weighted by Gasteiger charge is -2.55. The lowest BCUT2D eigenvalue weighted by atomic mass is 9.48. The lowest BCUT2D eigenvalue weighted by molar-refractivity contribution is -0.141. The molecule has 6 nitrogen and oxygen atoms in total. The van der Waals surface area contributed by atoms with E-state index in [4.69, 9.17) is 9.47 Å². The number of fused-ring (bicyclic) bond motifs is 5. The van der Waals surface area contributed by atoms with Crippen LogP contribution in [0.5, 0.6) is 0 Å². The summed E-state index contributed by atoms with van der Waals surface area (Å²) in [5.74, 6) is 1.27. The summed E-state index contributed by atoms with van der Waals surface area (Å²) in [6.07, 6.45) is 10.1. The van der Waals surface area contributed by atoms with Crippen LogP contribution in [0.2, 0.25) is 0 Å². The van der Waals surface area contributed by atoms with Crippen molar-refractivity contribution in [2.45, 2.75) is 78.2 Å². The largest absolute Gasteiger partial charge is 0.508 e. The van der Waals surface area contributed by atoms with Gasteiger partial charge < -0.3 is 14.2 Å². The predicted octanol–water partition coefficient (Wildman–Crippen LogP) is 5.41. The third kappa shape index (κ3) is 3.93. The molecule has 4 rings (SSSR count). The molecule has 0 spiro atoms. The van der Waals surface area contributed by atoms with Crippen molar-refractivity contribution in [1.29, 1.82) is 0 Å². The zero-order chi connectivity index (χ0) is 24.0. The van der Waals surface area contributed by atoms with E-state index in [-0.39, 0.29) is 35.2 Å². The number of carbonyl (C=O) groups is 3. The van der Waals surface area contributed by atoms with E-state index in [0.717, 1.165) is 38.5 Å². The zero-order valence-electron chi connectivity index (χ0n) is 20.6. The maximum Gasteiger partial charge on any atom is 0.508 e. The van der Waals surface area contributed by atoms with Crippen LogP contribution in [0.1, 0.15) is 72.1 Å². The van der Waals surface area contributed by atoms with Gasteiger partial charge in [-0.2, -0.15) is 0 Å². The van der Waals surface area contributed by atoms with E-state index in [2.05, 4.69) is 37.7 Å². The fourth-order valence-corrected chi connectivity index (χ4v) is 7.42. The lowest BCUT2D eigenvalue weighted by Crippen LogP contribution is -2.51. The molecule has 0 N–H and O–H groups in total. The van der Waals surface area contributed by atoms with Crippen LogP contribution in [0.4, 0.5) is 4.79 Å². The SMILES string of the molecule is COC(=O)CC[C@H](C)[C@@H]1CC=C2C3=CC[C@@H]4C[C@H](OC(=O)OC)CC[C@]4(C)[C@H]3CC(=O)[C@@]21C. The number of allylic oxidation sites excluding steroid dienone is 4. The van der Waals surface area contributed by atoms with E-state index >= 15 is 0 Å². The van der Waals surface area contributed by atoms with Crippen molar-refractivity contribution in [2.75, 3.05) is 14.2 Å². The van der Waals surface area contributed by atoms with Gasteiger partial charge in [-0.15, -0.1) is 0 Å². The fourth-order valence-electron chi connectivity index (χ4n) is 7.42. The van der Waals surface area contributed by atoms with Gasteiger partial charge in [0.25, 0.3) is 0 Å². The van der Waals surface area contributed by atoms with Crippen molar-refractivity contribution in [3.63, 3.8) is 0 Å². The minimum atomic E-state index is -0.609. The average molecular weight is 459 g/mol. The van der Waals surface area contributed by atoms with Crippen molar-refractivity contribution in [3.8, 4) is 0 Å². The summed E-state index contributed by atoms with van der Waals surface area (Å²) in [5.41, 5.74) is 2.19. The Morgan fingerprint density at radius 1 is 1.15 bits per heavy atom. The van der Waals surface area contributed by atoms with Crippen molar-refractivity contribution >= 4 is 17.9 Å². The minimum absolute atomic E-state index is 0.0342. The quantitative estimate of drug-likeness (QED) is 0.513. The standard InChI is InChI=1S/C27H38O6/c1-16(6-11-24(29)31-4)20-9-10-21-19-8-7-17-14-18(33-25(30)32-5)12-13-26(17,2)22(19)15-23(28)27(20,21)3/h8,10,16-18,20,22H,6-7,9,11-15H2,1-5H3/t16-,17+,18+,20-,22-,26-,27+/m0/s1. The maximum atomic E-state index is 13.8. The van der Waals surface area contributed by atoms with Crippen LogP contribution >= 0.6 is 0 Å². The van der Waals surface area contributed by atoms with E-state index in [9.17, 15) is 14.4 Å². The number of ketones is 1. The molecule has 0 aliphatic heterocycles. The molecule has 7 atom stereocenters. The first-order valence-corrected chi connectivity index (χ1v) is 12.4. The van der Waals surface area contributed by atoms with Gasteiger partial charge in [-0.1, -0.05) is 26.0 Å². The van der Waals surface area contributed by atoms with Crippen LogP contribution in [0, 0.1) is 34.5 Å². The highest BCUT2D eigenvalue weighted by atomic mass is 16.7. The Hall–Kier alpha value is -2.11. The van der Waals surface area contributed by atoms with Crippen LogP contribution in [0.25, 0.3) is 0 Å². The van der Waals surface area contributed by atoms with Crippen LogP contribution in [0.15, 0.2) is 23.3 Å². The predicted molar refractivity (Wildman–Crippen MR) is 123 cm³/mol. The minimum Gasteiger partial charge on any atom is -0.469 e. The van der Waals surface area contributed by atoms with Crippen LogP contribution < -0.4 is 0 Å². The highest BCUT2D eigenvalue weighted by Crippen LogP contribution is 2.64. The average Bonchev–Trinajstić information content (AvgIpc) is 3.16. The van der Waals surface area contributed by atoms with Gasteiger partial charge in [0.1, 0.15) is 11.9 Å². The number of rotatable bonds is 5. The summed E-state index contributed by atoms with van der Waals surface area (Å²) >= 11 is 0. The second kappa shape index (κ2) is 8.92. The number of hydrogen-bond acceptors (Lipinski definition) is 6. The van der Waals surface area contributed by atoms with Gasteiger partial charge in [0, 0.05) is 12.8 Å². The first kappa shape index (κ1) is 24.0. The molecule has 2 fully saturated rings. The monoisotopic (exact) mass is 458 g/mol. The molecule has 0 amide bonds. The number of carbonyl (C=O) groups excluding carboxylic acids is 3. The highest BCUT2D eigenvalue weighted by molar-refractivity contribution is 5.93. The summed E-state index contributed by atoms with van der Waals surface area (Å²) in [6, 6.07) is 0. The summed E-state index contributed by atoms with van der Waals surface area (Å²) in [5, 5.41) is 0. The Morgan fingerprint density at radius 3 is 2.61 bits per heavy atom. The summed E-state index contributed by atoms with van der Waals surface area (Å²) in [4.78, 5) is 37.1. The molecule has 0 heterocycles. The van der Waals surface area contributed by atoms with Gasteiger partial charge >= 0.3 is 12.1 Å². The van der Waals surface area contributed by atoms with Crippen molar-refractivity contribution in [2.24, 2.45) is 34.5 Å². The number of methoxy groups -OCH3 is 2. The topological polar surface area (TPSA) is 78.9 Å². The van der Waals surface area contributed by atoms with Crippen molar-refractivity contribution in [3.05, 3.63) is 23.3 Å². The molecule has 2 saturated carbocycles. The Bertz CT molecular complexity index is 887. The highest BCUT2D eigenvalue weighted by Gasteiger charge is 2.59. The molecule has 0 saturated heterocycles. The molecule has 0 unspecified atom stereocenters. The molecule has 0 aromatic heterocycles. The van der Waals surface area contributed by atoms with E-state index in [1.54, 1.807) is 0 Å². The third-order valence-electron chi connectivity index (χ3n) is 9.58. The van der Waals surface area contributed by atoms with Crippen LogP contribution in [0.3, 0.4) is 0 Å². The second-order valence-corrected chi connectivity index (χ2v) is 11.0. The Kier molecular flexibility index (Phi) is 6.49. The summed E-state index contributed by atoms with van der Waals surface area (Å²) in [6.45, 7) is 6.65. The fraction of sp³-hybridized carbons (Fsp3) is 0.741. The number of ether oxygens (including phenoxy) is 3. The molecule has 0 aromatic rings. The van der Waals surface area contributed by atoms with Gasteiger partial charge in [0.2, 0.25) is 0 Å². The number of esters is 1. The first-order valence-electron chi connectivity index (χ1n) is 12.4. The van der Waals surface area contributed by atoms with Gasteiger partial charge in [0.05, 0.1) is 19.6 Å².